The number of ether oxygens (including phenoxy) is 3. The van der Waals surface area contributed by atoms with Crippen molar-refractivity contribution in [1.29, 1.82) is 0 Å². The molecule has 2 rings (SSSR count). The van der Waals surface area contributed by atoms with Gasteiger partial charge < -0.3 is 14.2 Å². The zero-order valence-corrected chi connectivity index (χ0v) is 15.5. The highest BCUT2D eigenvalue weighted by Gasteiger charge is 2.45. The van der Waals surface area contributed by atoms with Gasteiger partial charge in [0.1, 0.15) is 0 Å². The molecule has 0 amide bonds. The minimum absolute atomic E-state index is 0.219. The predicted octanol–water partition coefficient (Wildman–Crippen LogP) is 5.70. The van der Waals surface area contributed by atoms with Crippen LogP contribution in [0.25, 0.3) is 0 Å². The van der Waals surface area contributed by atoms with Gasteiger partial charge in [0, 0.05) is 5.92 Å². The Kier molecular flexibility index (Phi) is 8.42. The molecule has 160 valence electrons. The molecule has 1 aliphatic rings. The number of aryl methyl sites for hydroxylation is 1. The van der Waals surface area contributed by atoms with Gasteiger partial charge in [-0.2, -0.15) is 17.6 Å². The van der Waals surface area contributed by atoms with Gasteiger partial charge in [-0.3, -0.25) is 0 Å². The molecule has 0 atom stereocenters. The molecule has 0 aromatic heterocycles. The zero-order valence-electron chi connectivity index (χ0n) is 15.5. The molecule has 0 N–H and O–H groups in total. The van der Waals surface area contributed by atoms with Crippen LogP contribution in [0.4, 0.5) is 26.3 Å². The van der Waals surface area contributed by atoms with Crippen molar-refractivity contribution in [2.45, 2.75) is 64.3 Å². The molecule has 1 fully saturated rings. The van der Waals surface area contributed by atoms with Crippen molar-refractivity contribution in [3.8, 4) is 5.75 Å². The van der Waals surface area contributed by atoms with Crippen LogP contribution in [0.5, 0.6) is 5.75 Å². The quantitative estimate of drug-likeness (QED) is 0.363. The summed E-state index contributed by atoms with van der Waals surface area (Å²) in [5.41, 5.74) is 0.219. The number of hydrogen-bond donors (Lipinski definition) is 0. The second-order valence-corrected chi connectivity index (χ2v) is 6.85. The maximum Gasteiger partial charge on any atom is 0.461 e. The van der Waals surface area contributed by atoms with Gasteiger partial charge >= 0.3 is 12.5 Å². The van der Waals surface area contributed by atoms with Crippen molar-refractivity contribution in [3.05, 3.63) is 29.3 Å². The van der Waals surface area contributed by atoms with E-state index in [1.807, 2.05) is 0 Å². The average molecular weight is 414 g/mol. The number of benzene rings is 1. The first-order chi connectivity index (χ1) is 13.2. The Morgan fingerprint density at radius 1 is 1.07 bits per heavy atom. The van der Waals surface area contributed by atoms with Gasteiger partial charge in [0.25, 0.3) is 0 Å². The summed E-state index contributed by atoms with van der Waals surface area (Å²) >= 11 is 0. The highest BCUT2D eigenvalue weighted by Crippen LogP contribution is 2.32. The Bertz CT molecular complexity index is 595. The minimum Gasteiger partial charge on any atom is -0.422 e. The van der Waals surface area contributed by atoms with Crippen molar-refractivity contribution >= 4 is 0 Å². The second kappa shape index (κ2) is 10.3. The van der Waals surface area contributed by atoms with E-state index in [4.69, 9.17) is 9.47 Å². The molecular weight excluding hydrogens is 390 g/mol. The molecular formula is C19H24F6O3. The molecule has 1 aromatic rings. The summed E-state index contributed by atoms with van der Waals surface area (Å²) in [6, 6.07) is 1.62. The van der Waals surface area contributed by atoms with Crippen LogP contribution in [-0.4, -0.2) is 32.0 Å². The standard InChI is InChI=1S/C19H24F6O3/c1-2-5-13-10-26-16(27-11-13)7-4-3-6-12-8-14(20)17(15(21)9-12)28-19(24,25)18(22)23/h8-9,13,16,18H,2-7,10-11H2,1H3. The van der Waals surface area contributed by atoms with Crippen LogP contribution < -0.4 is 4.74 Å². The highest BCUT2D eigenvalue weighted by atomic mass is 19.3. The molecule has 9 heteroatoms. The lowest BCUT2D eigenvalue weighted by Crippen LogP contribution is -2.34. The monoisotopic (exact) mass is 414 g/mol. The average Bonchev–Trinajstić information content (AvgIpc) is 2.63. The highest BCUT2D eigenvalue weighted by molar-refractivity contribution is 5.31. The van der Waals surface area contributed by atoms with Crippen LogP contribution >= 0.6 is 0 Å². The number of rotatable bonds is 10. The van der Waals surface area contributed by atoms with Crippen LogP contribution in [0.15, 0.2) is 12.1 Å². The number of hydrogen-bond acceptors (Lipinski definition) is 3. The SMILES string of the molecule is CCCC1COC(CCCCc2cc(F)c(OC(F)(F)C(F)F)c(F)c2)OC1. The molecule has 0 spiro atoms. The molecule has 1 saturated heterocycles. The van der Waals surface area contributed by atoms with Crippen LogP contribution in [-0.2, 0) is 15.9 Å². The third-order valence-electron chi connectivity index (χ3n) is 4.44. The lowest BCUT2D eigenvalue weighted by Gasteiger charge is -2.29. The first kappa shape index (κ1) is 22.8. The van der Waals surface area contributed by atoms with Crippen LogP contribution in [0.3, 0.4) is 0 Å². The lowest BCUT2D eigenvalue weighted by molar-refractivity contribution is -0.255. The van der Waals surface area contributed by atoms with E-state index < -0.39 is 29.9 Å². The van der Waals surface area contributed by atoms with Crippen molar-refractivity contribution in [3.63, 3.8) is 0 Å². The van der Waals surface area contributed by atoms with E-state index in [9.17, 15) is 26.3 Å². The molecule has 0 radical (unpaired) electrons. The molecule has 0 unspecified atom stereocenters. The van der Waals surface area contributed by atoms with E-state index in [0.29, 0.717) is 38.4 Å². The van der Waals surface area contributed by atoms with Gasteiger partial charge in [-0.1, -0.05) is 13.3 Å². The molecule has 1 heterocycles. The summed E-state index contributed by atoms with van der Waals surface area (Å²) in [5.74, 6) is -4.00. The largest absolute Gasteiger partial charge is 0.461 e. The summed E-state index contributed by atoms with van der Waals surface area (Å²) in [7, 11) is 0. The number of unbranched alkanes of at least 4 members (excludes halogenated alkanes) is 1. The Morgan fingerprint density at radius 3 is 2.21 bits per heavy atom. The summed E-state index contributed by atoms with van der Waals surface area (Å²) in [5, 5.41) is 0. The van der Waals surface area contributed by atoms with Crippen LogP contribution in [0.2, 0.25) is 0 Å². The summed E-state index contributed by atoms with van der Waals surface area (Å²) in [4.78, 5) is 0. The topological polar surface area (TPSA) is 27.7 Å². The normalized spacial score (nSPS) is 20.6. The smallest absolute Gasteiger partial charge is 0.422 e. The third kappa shape index (κ3) is 6.55. The summed E-state index contributed by atoms with van der Waals surface area (Å²) in [6.45, 7) is 3.40. The summed E-state index contributed by atoms with van der Waals surface area (Å²) < 4.78 is 92.4. The van der Waals surface area contributed by atoms with Crippen molar-refractivity contribution in [2.75, 3.05) is 13.2 Å². The fraction of sp³-hybridized carbons (Fsp3) is 0.684. The Balaban J connectivity index is 1.79. The van der Waals surface area contributed by atoms with Crippen molar-refractivity contribution in [1.82, 2.24) is 0 Å². The lowest BCUT2D eigenvalue weighted by atomic mass is 10.0. The Morgan fingerprint density at radius 2 is 1.68 bits per heavy atom. The molecule has 0 aliphatic carbocycles. The van der Waals surface area contributed by atoms with E-state index in [-0.39, 0.29) is 18.3 Å². The summed E-state index contributed by atoms with van der Waals surface area (Å²) in [6.07, 6.45) is -5.20. The molecule has 3 nitrogen and oxygen atoms in total. The van der Waals surface area contributed by atoms with Crippen molar-refractivity contribution < 1.29 is 40.6 Å². The zero-order chi connectivity index (χ0) is 20.7. The van der Waals surface area contributed by atoms with E-state index >= 15 is 0 Å². The van der Waals surface area contributed by atoms with Gasteiger partial charge in [0.15, 0.2) is 23.7 Å². The third-order valence-corrected chi connectivity index (χ3v) is 4.44. The minimum atomic E-state index is -4.97. The second-order valence-electron chi connectivity index (χ2n) is 6.85. The fourth-order valence-electron chi connectivity index (χ4n) is 3.00. The Labute approximate surface area is 160 Å². The Hall–Kier alpha value is -1.48. The van der Waals surface area contributed by atoms with Gasteiger partial charge in [-0.25, -0.2) is 8.78 Å². The van der Waals surface area contributed by atoms with Gasteiger partial charge in [0.2, 0.25) is 0 Å². The molecule has 1 aliphatic heterocycles. The fourth-order valence-corrected chi connectivity index (χ4v) is 3.00. The molecule has 1 aromatic carbocycles. The van der Waals surface area contributed by atoms with Crippen LogP contribution in [0.1, 0.15) is 44.6 Å². The van der Waals surface area contributed by atoms with E-state index in [1.165, 1.54) is 0 Å². The number of alkyl halides is 4. The number of halogens is 6. The van der Waals surface area contributed by atoms with Gasteiger partial charge in [-0.15, -0.1) is 0 Å². The maximum absolute atomic E-state index is 13.8. The molecule has 0 bridgehead atoms. The van der Waals surface area contributed by atoms with Gasteiger partial charge in [-0.05, 0) is 49.8 Å². The van der Waals surface area contributed by atoms with Crippen molar-refractivity contribution in [2.24, 2.45) is 5.92 Å². The van der Waals surface area contributed by atoms with E-state index in [0.717, 1.165) is 25.0 Å². The first-order valence-corrected chi connectivity index (χ1v) is 9.29. The predicted molar refractivity (Wildman–Crippen MR) is 89.6 cm³/mol. The molecule has 0 saturated carbocycles. The van der Waals surface area contributed by atoms with Gasteiger partial charge in [0.05, 0.1) is 13.2 Å². The maximum atomic E-state index is 13.8. The first-order valence-electron chi connectivity index (χ1n) is 9.29. The van der Waals surface area contributed by atoms with E-state index in [1.54, 1.807) is 0 Å². The molecule has 28 heavy (non-hydrogen) atoms. The van der Waals surface area contributed by atoms with Crippen LogP contribution in [0, 0.1) is 17.6 Å². The van der Waals surface area contributed by atoms with E-state index in [2.05, 4.69) is 11.7 Å².